The van der Waals surface area contributed by atoms with Crippen molar-refractivity contribution in [3.8, 4) is 0 Å². The van der Waals surface area contributed by atoms with Gasteiger partial charge in [-0.15, -0.1) is 0 Å². The van der Waals surface area contributed by atoms with Crippen LogP contribution in [0.25, 0.3) is 10.9 Å². The molecule has 0 saturated carbocycles. The van der Waals surface area contributed by atoms with Crippen LogP contribution >= 0.6 is 0 Å². The van der Waals surface area contributed by atoms with Gasteiger partial charge in [0.25, 0.3) is 0 Å². The molecule has 4 rings (SSSR count). The summed E-state index contributed by atoms with van der Waals surface area (Å²) in [7, 11) is 1.60. The number of imidazole rings is 1. The monoisotopic (exact) mass is 1080 g/mol. The normalized spacial score (nSPS) is 13.6. The van der Waals surface area contributed by atoms with Crippen LogP contribution < -0.4 is 70.4 Å². The number of aromatic nitrogens is 3. The van der Waals surface area contributed by atoms with Crippen molar-refractivity contribution in [2.75, 3.05) is 26.7 Å². The summed E-state index contributed by atoms with van der Waals surface area (Å²) < 4.78 is 0. The molecule has 20 N–H and O–H groups in total. The fourth-order valence-electron chi connectivity index (χ4n) is 8.31. The Balaban J connectivity index is 1.47. The zero-order valence-electron chi connectivity index (χ0n) is 43.8. The van der Waals surface area contributed by atoms with Crippen LogP contribution in [-0.2, 0) is 62.4 Å². The van der Waals surface area contributed by atoms with E-state index in [0.29, 0.717) is 29.5 Å². The smallest absolute Gasteiger partial charge is 0.243 e. The van der Waals surface area contributed by atoms with Gasteiger partial charge in [0.05, 0.1) is 24.1 Å². The van der Waals surface area contributed by atoms with Crippen molar-refractivity contribution >= 4 is 76.4 Å². The number of guanidine groups is 2. The van der Waals surface area contributed by atoms with Crippen molar-refractivity contribution in [3.05, 3.63) is 90.1 Å². The van der Waals surface area contributed by atoms with Gasteiger partial charge in [-0.1, -0.05) is 48.5 Å². The second-order valence-electron chi connectivity index (χ2n) is 18.5. The zero-order chi connectivity index (χ0) is 57.0. The SMILES string of the molecule is CN[C@@H](Cc1c[nH]cn1)C(=O)NC(Cc1ccccc1)C(=O)N[C@@H](CCCNC(=N)N)C(=O)N[C@@H](Cc1c[nH]c2ccccc12)C(=O)NC(CCC(=O)NCCCC(C=O)NC(=O)[C@H](CCCNC(=N)N)NC(C)=O)C(N)=O. The van der Waals surface area contributed by atoms with Gasteiger partial charge in [-0.2, -0.15) is 0 Å². The van der Waals surface area contributed by atoms with Crippen LogP contribution in [0.15, 0.2) is 73.3 Å². The van der Waals surface area contributed by atoms with E-state index in [1.165, 1.54) is 13.3 Å². The van der Waals surface area contributed by atoms with E-state index in [0.717, 1.165) is 10.9 Å². The van der Waals surface area contributed by atoms with Gasteiger partial charge in [-0.25, -0.2) is 4.98 Å². The number of nitrogens with zero attached hydrogens (tertiary/aromatic N) is 1. The molecule has 0 aliphatic carbocycles. The minimum atomic E-state index is -1.39. The molecule has 0 bridgehead atoms. The molecule has 0 aliphatic heterocycles. The van der Waals surface area contributed by atoms with Gasteiger partial charge in [-0.3, -0.25) is 49.2 Å². The van der Waals surface area contributed by atoms with E-state index in [1.807, 2.05) is 18.2 Å². The van der Waals surface area contributed by atoms with Crippen molar-refractivity contribution in [2.24, 2.45) is 17.2 Å². The van der Waals surface area contributed by atoms with Gasteiger partial charge in [0.15, 0.2) is 11.9 Å². The van der Waals surface area contributed by atoms with Crippen molar-refractivity contribution in [2.45, 2.75) is 120 Å². The van der Waals surface area contributed by atoms with Crippen molar-refractivity contribution < 1.29 is 43.2 Å². The van der Waals surface area contributed by atoms with Crippen LogP contribution in [0.2, 0.25) is 0 Å². The summed E-state index contributed by atoms with van der Waals surface area (Å²) in [5, 5.41) is 42.6. The lowest BCUT2D eigenvalue weighted by Gasteiger charge is -2.27. The lowest BCUT2D eigenvalue weighted by atomic mass is 10.0. The van der Waals surface area contributed by atoms with Crippen molar-refractivity contribution in [1.82, 2.24) is 68.1 Å². The molecule has 2 aromatic carbocycles. The van der Waals surface area contributed by atoms with E-state index in [1.54, 1.807) is 55.8 Å². The van der Waals surface area contributed by atoms with Crippen LogP contribution in [-0.4, -0.2) is 149 Å². The topological polar surface area (TPSA) is 444 Å². The number of aromatic amines is 2. The number of para-hydroxylation sites is 1. The third kappa shape index (κ3) is 21.8. The largest absolute Gasteiger partial charge is 0.370 e. The number of hydrogen-bond acceptors (Lipinski definition) is 13. The highest BCUT2D eigenvalue weighted by Gasteiger charge is 2.33. The molecule has 3 unspecified atom stereocenters. The molecule has 0 aliphatic rings. The van der Waals surface area contributed by atoms with Crippen molar-refractivity contribution in [3.63, 3.8) is 0 Å². The first-order valence-electron chi connectivity index (χ1n) is 25.6. The predicted octanol–water partition coefficient (Wildman–Crippen LogP) is -2.68. The third-order valence-electron chi connectivity index (χ3n) is 12.4. The Morgan fingerprint density at radius 3 is 1.73 bits per heavy atom. The predicted molar refractivity (Wildman–Crippen MR) is 290 cm³/mol. The summed E-state index contributed by atoms with van der Waals surface area (Å²) in [5.74, 6) is -5.92. The number of rotatable bonds is 35. The number of nitrogens with one attached hydrogen (secondary N) is 14. The number of H-pyrrole nitrogens is 2. The Labute approximate surface area is 451 Å². The van der Waals surface area contributed by atoms with Gasteiger partial charge in [0.1, 0.15) is 36.5 Å². The van der Waals surface area contributed by atoms with Gasteiger partial charge in [0.2, 0.25) is 47.3 Å². The third-order valence-corrected chi connectivity index (χ3v) is 12.4. The highest BCUT2D eigenvalue weighted by Crippen LogP contribution is 2.20. The maximum absolute atomic E-state index is 14.5. The molecule has 0 spiro atoms. The molecule has 27 nitrogen and oxygen atoms in total. The van der Waals surface area contributed by atoms with Gasteiger partial charge in [0, 0.05) is 75.5 Å². The van der Waals surface area contributed by atoms with Crippen molar-refractivity contribution in [1.29, 1.82) is 10.8 Å². The number of aldehydes is 1. The molecule has 0 fully saturated rings. The molecular formula is C51H74N18O9. The summed E-state index contributed by atoms with van der Waals surface area (Å²) >= 11 is 0. The molecular weight excluding hydrogens is 1010 g/mol. The molecule has 7 atom stereocenters. The number of nitrogens with two attached hydrogens (primary N) is 3. The molecule has 8 amide bonds. The van der Waals surface area contributed by atoms with Gasteiger partial charge >= 0.3 is 0 Å². The lowest BCUT2D eigenvalue weighted by Crippen LogP contribution is -2.59. The van der Waals surface area contributed by atoms with Crippen LogP contribution in [0.1, 0.15) is 75.1 Å². The summed E-state index contributed by atoms with van der Waals surface area (Å²) in [6, 6.07) is 8.26. The second-order valence-corrected chi connectivity index (χ2v) is 18.5. The average molecular weight is 1080 g/mol. The van der Waals surface area contributed by atoms with Gasteiger partial charge in [-0.05, 0) is 69.2 Å². The van der Waals surface area contributed by atoms with Crippen LogP contribution in [0.3, 0.4) is 0 Å². The number of carbonyl (C=O) groups excluding carboxylic acids is 9. The summed E-state index contributed by atoms with van der Waals surface area (Å²) in [4.78, 5) is 130. The quantitative estimate of drug-likeness (QED) is 0.00967. The minimum Gasteiger partial charge on any atom is -0.370 e. The van der Waals surface area contributed by atoms with Crippen LogP contribution in [0.4, 0.5) is 0 Å². The fourth-order valence-corrected chi connectivity index (χ4v) is 8.31. The number of hydrogen-bond donors (Lipinski definition) is 17. The van der Waals surface area contributed by atoms with E-state index < -0.39 is 89.6 Å². The Morgan fingerprint density at radius 2 is 1.14 bits per heavy atom. The molecule has 27 heteroatoms. The first-order valence-corrected chi connectivity index (χ1v) is 25.6. The van der Waals surface area contributed by atoms with Crippen LogP contribution in [0.5, 0.6) is 0 Å². The molecule has 422 valence electrons. The number of amides is 8. The average Bonchev–Trinajstić information content (AvgIpc) is 4.09. The zero-order valence-corrected chi connectivity index (χ0v) is 43.8. The molecule has 78 heavy (non-hydrogen) atoms. The highest BCUT2D eigenvalue weighted by atomic mass is 16.2. The standard InChI is InChI=1S/C51H74N18O9/c1-30(71)64-38(16-9-21-60-50(53)54)45(74)65-33(28-70)13-8-20-59-43(72)19-18-37(44(52)73)66-49(78)42(24-32-26-62-36-15-7-6-14-35(32)36)69-46(75)39(17-10-22-61-51(55)56)67-48(77)41(23-31-11-4-3-5-12-31)68-47(76)40(57-2)25-34-27-58-29-63-34/h3-7,11-12,14-15,26-29,33,37-42,57,62H,8-10,13,16-25H2,1-2H3,(H2,52,73)(H,58,63)(H,59,72)(H,64,71)(H,65,74)(H,66,78)(H,67,77)(H,68,76)(H,69,75)(H4,53,54,60)(H4,55,56,61)/t33?,37?,38-,39-,40-,41?,42-/m0/s1. The summed E-state index contributed by atoms with van der Waals surface area (Å²) in [6.45, 7) is 1.75. The Bertz CT molecular complexity index is 2650. The van der Waals surface area contributed by atoms with E-state index >= 15 is 0 Å². The Hall–Kier alpha value is -8.88. The molecule has 0 radical (unpaired) electrons. The lowest BCUT2D eigenvalue weighted by molar-refractivity contribution is -0.134. The molecule has 4 aromatic rings. The van der Waals surface area contributed by atoms with Crippen LogP contribution in [0, 0.1) is 10.8 Å². The number of fused-ring (bicyclic) bond motifs is 1. The summed E-state index contributed by atoms with van der Waals surface area (Å²) in [5.41, 5.74) is 19.2. The number of benzene rings is 2. The minimum absolute atomic E-state index is 0.0196. The number of carbonyl (C=O) groups is 9. The second kappa shape index (κ2) is 32.5. The summed E-state index contributed by atoms with van der Waals surface area (Å²) in [6.07, 6.45) is 6.12. The molecule has 2 heterocycles. The Kier molecular flexibility index (Phi) is 25.7. The fraction of sp³-hybridized carbons (Fsp3) is 0.451. The highest BCUT2D eigenvalue weighted by molar-refractivity contribution is 5.97. The van der Waals surface area contributed by atoms with E-state index in [9.17, 15) is 43.2 Å². The van der Waals surface area contributed by atoms with E-state index in [2.05, 4.69) is 68.1 Å². The number of primary amides is 1. The Morgan fingerprint density at radius 1 is 0.603 bits per heavy atom. The van der Waals surface area contributed by atoms with E-state index in [-0.39, 0.29) is 95.8 Å². The molecule has 2 aromatic heterocycles. The molecule has 0 saturated heterocycles. The maximum atomic E-state index is 14.5. The number of likely N-dealkylation sites (N-methyl/N-ethyl adjacent to an activating group) is 1. The van der Waals surface area contributed by atoms with Gasteiger partial charge < -0.3 is 85.1 Å². The van der Waals surface area contributed by atoms with E-state index in [4.69, 9.17) is 28.0 Å². The first-order chi connectivity index (χ1) is 37.4. The first kappa shape index (κ1) is 61.7. The maximum Gasteiger partial charge on any atom is 0.243 e.